The zero-order valence-electron chi connectivity index (χ0n) is 32.7. The third-order valence-electron chi connectivity index (χ3n) is 8.73. The molecule has 0 fully saturated rings. The summed E-state index contributed by atoms with van der Waals surface area (Å²) in [6.07, 6.45) is 3.81. The maximum absolute atomic E-state index is 7.65. The number of pyridine rings is 2. The molecule has 0 aliphatic heterocycles. The molecule has 1 radical (unpaired) electrons. The fourth-order valence-electron chi connectivity index (χ4n) is 6.12. The Labute approximate surface area is 317 Å². The van der Waals surface area contributed by atoms with Gasteiger partial charge in [0.2, 0.25) is 0 Å². The Morgan fingerprint density at radius 1 is 0.735 bits per heavy atom. The molecule has 0 spiro atoms. The minimum Gasteiger partial charge on any atom is 0 e. The summed E-state index contributed by atoms with van der Waals surface area (Å²) in [5.41, 5.74) is 11.4. The second-order valence-corrected chi connectivity index (χ2v) is 26.4. The predicted octanol–water partition coefficient (Wildman–Crippen LogP) is 11.9. The predicted molar refractivity (Wildman–Crippen MR) is 211 cm³/mol. The molecule has 0 saturated carbocycles. The minimum atomic E-state index is -1.86. The van der Waals surface area contributed by atoms with Crippen LogP contribution in [0.3, 0.4) is 0 Å². The van der Waals surface area contributed by atoms with Gasteiger partial charge >= 0.3 is 104 Å². The van der Waals surface area contributed by atoms with E-state index in [2.05, 4.69) is 142 Å². The topological polar surface area (TPSA) is 25.8 Å². The van der Waals surface area contributed by atoms with Crippen LogP contribution >= 0.6 is 11.3 Å². The number of thiophene rings is 1. The molecule has 0 N–H and O–H groups in total. The molecule has 2 nitrogen and oxygen atoms in total. The monoisotopic (exact) mass is 902 g/mol. The normalized spacial score (nSPS) is 12.5. The molecule has 0 unspecified atom stereocenters. The van der Waals surface area contributed by atoms with Crippen molar-refractivity contribution in [1.29, 1.82) is 0 Å². The standard InChI is InChI=1S/C30H28NS.C14H16GeN.Ir/c1-18-13-19(2)29(20(3)14-18)22-7-9-24-25-15-21(8-10-27(25)32-28(24)16-22)26-17-23(11-12-31-26)30(4,5)6;1-15(2,3)13-9-10-14(16-11-13)12-7-5-4-6-8-12;/h7,9-17H,1-6H3;4-7,9-11H,1-3H3;/q2*-1;/i;4D,5D,6D;. The summed E-state index contributed by atoms with van der Waals surface area (Å²) in [7, 11) is 0. The molecule has 0 saturated heterocycles. The Kier molecular flexibility index (Phi) is 9.92. The van der Waals surface area contributed by atoms with Gasteiger partial charge in [0.15, 0.2) is 0 Å². The van der Waals surface area contributed by atoms with E-state index in [4.69, 9.17) is 4.11 Å². The van der Waals surface area contributed by atoms with E-state index in [0.29, 0.717) is 11.3 Å². The van der Waals surface area contributed by atoms with Crippen molar-refractivity contribution in [3.8, 4) is 33.6 Å². The molecule has 3 heterocycles. The molecule has 7 aromatic rings. The summed E-state index contributed by atoms with van der Waals surface area (Å²) in [5, 5.41) is 2.59. The maximum atomic E-state index is 7.65. The van der Waals surface area contributed by atoms with Crippen molar-refractivity contribution in [3.05, 3.63) is 138 Å². The second-order valence-electron chi connectivity index (χ2n) is 14.7. The van der Waals surface area contributed by atoms with Crippen molar-refractivity contribution in [2.45, 2.75) is 64.2 Å². The van der Waals surface area contributed by atoms with Gasteiger partial charge in [-0.05, 0) is 81.9 Å². The van der Waals surface area contributed by atoms with E-state index in [-0.39, 0.29) is 43.6 Å². The zero-order valence-corrected chi connectivity index (χ0v) is 35.0. The molecule has 0 bridgehead atoms. The Morgan fingerprint density at radius 2 is 1.49 bits per heavy atom. The SMILES string of the molecule is Cc1cc(C)c(-c2ccc3c(c2)sc2c[c-]c(-c4cc(C(C)(C)C)ccn4)cc23)c(C)c1.[2H]c1[c-]c(-c2cc[c]([Ge]([CH3])([CH3])[CH3])cn2)cc([2H])c1[2H].[Ir]. The van der Waals surface area contributed by atoms with Gasteiger partial charge in [-0.3, -0.25) is 0 Å². The van der Waals surface area contributed by atoms with E-state index in [1.807, 2.05) is 29.8 Å². The van der Waals surface area contributed by atoms with Crippen LogP contribution in [0.15, 0.2) is 103 Å². The van der Waals surface area contributed by atoms with E-state index < -0.39 is 13.3 Å². The Hall–Kier alpha value is -3.41. The van der Waals surface area contributed by atoms with E-state index in [9.17, 15) is 0 Å². The smallest absolute Gasteiger partial charge is 0 e. The number of rotatable bonds is 4. The van der Waals surface area contributed by atoms with Crippen LogP contribution in [0, 0.1) is 32.9 Å². The van der Waals surface area contributed by atoms with Gasteiger partial charge in [-0.15, -0.1) is 23.8 Å². The van der Waals surface area contributed by atoms with Crippen molar-refractivity contribution in [2.75, 3.05) is 0 Å². The van der Waals surface area contributed by atoms with Gasteiger partial charge in [0, 0.05) is 31.0 Å². The van der Waals surface area contributed by atoms with Gasteiger partial charge in [0.05, 0.1) is 0 Å². The number of benzene rings is 4. The number of aromatic nitrogens is 2. The van der Waals surface area contributed by atoms with E-state index in [1.54, 1.807) is 6.07 Å². The van der Waals surface area contributed by atoms with E-state index >= 15 is 0 Å². The van der Waals surface area contributed by atoms with Gasteiger partial charge in [-0.2, -0.15) is 11.3 Å². The summed E-state index contributed by atoms with van der Waals surface area (Å²) in [5.74, 6) is 6.92. The number of hydrogen-bond donors (Lipinski definition) is 0. The van der Waals surface area contributed by atoms with Crippen molar-refractivity contribution >= 4 is 49.2 Å². The summed E-state index contributed by atoms with van der Waals surface area (Å²) in [4.78, 5) is 9.06. The molecule has 0 atom stereocenters. The molecule has 251 valence electrons. The first-order valence-electron chi connectivity index (χ1n) is 17.9. The average molecular weight is 901 g/mol. The van der Waals surface area contributed by atoms with Gasteiger partial charge in [-0.1, -0.05) is 62.1 Å². The van der Waals surface area contributed by atoms with Gasteiger partial charge in [0.25, 0.3) is 0 Å². The molecular weight excluding hydrogens is 853 g/mol. The van der Waals surface area contributed by atoms with Crippen molar-refractivity contribution in [3.63, 3.8) is 0 Å². The number of hydrogen-bond acceptors (Lipinski definition) is 3. The van der Waals surface area contributed by atoms with Gasteiger partial charge in [0.1, 0.15) is 0 Å². The van der Waals surface area contributed by atoms with Crippen molar-refractivity contribution < 1.29 is 24.2 Å². The number of nitrogens with zero attached hydrogens (tertiary/aromatic N) is 2. The third-order valence-corrected chi connectivity index (χ3v) is 14.1. The third kappa shape index (κ3) is 8.32. The molecular formula is C44H44GeIrN2S-2. The largest absolute Gasteiger partial charge is 0 e. The van der Waals surface area contributed by atoms with Crippen LogP contribution in [0.4, 0.5) is 0 Å². The van der Waals surface area contributed by atoms with Crippen LogP contribution in [0.25, 0.3) is 53.8 Å². The summed E-state index contributed by atoms with van der Waals surface area (Å²) in [6, 6.07) is 31.9. The molecule has 4 aromatic carbocycles. The first kappa shape index (κ1) is 32.8. The molecule has 5 heteroatoms. The van der Waals surface area contributed by atoms with Crippen LogP contribution < -0.4 is 4.40 Å². The van der Waals surface area contributed by atoms with E-state index in [0.717, 1.165) is 11.3 Å². The maximum Gasteiger partial charge on any atom is 0 e. The summed E-state index contributed by atoms with van der Waals surface area (Å²) in [6.45, 7) is 13.3. The molecule has 0 aliphatic rings. The Morgan fingerprint density at radius 3 is 2.14 bits per heavy atom. The zero-order chi connectivity index (χ0) is 36.8. The molecule has 0 amide bonds. The van der Waals surface area contributed by atoms with Crippen LogP contribution in [-0.4, -0.2) is 23.2 Å². The molecule has 3 aromatic heterocycles. The summed E-state index contributed by atoms with van der Waals surface area (Å²) >= 11 is -0.0125. The average Bonchev–Trinajstić information content (AvgIpc) is 3.43. The summed E-state index contributed by atoms with van der Waals surface area (Å²) < 4.78 is 26.7. The van der Waals surface area contributed by atoms with E-state index in [1.165, 1.54) is 57.9 Å². The van der Waals surface area contributed by atoms with Crippen molar-refractivity contribution in [2.24, 2.45) is 0 Å². The van der Waals surface area contributed by atoms with Crippen LogP contribution in [0.5, 0.6) is 0 Å². The fourth-order valence-corrected chi connectivity index (χ4v) is 9.40. The van der Waals surface area contributed by atoms with Crippen LogP contribution in [0.2, 0.25) is 17.3 Å². The second kappa shape index (κ2) is 14.8. The first-order valence-corrected chi connectivity index (χ1v) is 24.6. The minimum absolute atomic E-state index is 0. The Balaban J connectivity index is 0.000000225. The number of fused-ring (bicyclic) bond motifs is 3. The van der Waals surface area contributed by atoms with Gasteiger partial charge < -0.3 is 4.98 Å². The van der Waals surface area contributed by atoms with Crippen LogP contribution in [-0.2, 0) is 25.5 Å². The molecule has 7 rings (SSSR count). The first-order chi connectivity index (χ1) is 24.0. The quantitative estimate of drug-likeness (QED) is 0.130. The molecule has 49 heavy (non-hydrogen) atoms. The van der Waals surface area contributed by atoms with Crippen LogP contribution in [0.1, 0.15) is 47.1 Å². The molecule has 0 aliphatic carbocycles. The van der Waals surface area contributed by atoms with Crippen molar-refractivity contribution in [1.82, 2.24) is 9.97 Å². The number of aryl methyl sites for hydroxylation is 3. The Bertz CT molecular complexity index is 2360. The fraction of sp³-hybridized carbons (Fsp3) is 0.227. The van der Waals surface area contributed by atoms with Gasteiger partial charge in [-0.25, -0.2) is 0 Å².